The minimum absolute atomic E-state index is 0.0632. The number of hydrogen-bond donors (Lipinski definition) is 1. The number of phenols is 1. The van der Waals surface area contributed by atoms with Gasteiger partial charge >= 0.3 is 5.97 Å². The van der Waals surface area contributed by atoms with Gasteiger partial charge in [0.1, 0.15) is 12.3 Å². The van der Waals surface area contributed by atoms with E-state index in [4.69, 9.17) is 11.6 Å². The van der Waals surface area contributed by atoms with E-state index in [1.165, 1.54) is 30.2 Å². The zero-order valence-electron chi connectivity index (χ0n) is 10.1. The molecule has 5 nitrogen and oxygen atoms in total. The van der Waals surface area contributed by atoms with Crippen molar-refractivity contribution in [2.24, 2.45) is 0 Å². The number of benzene rings is 1. The van der Waals surface area contributed by atoms with Crippen molar-refractivity contribution in [3.05, 3.63) is 28.8 Å². The fourth-order valence-corrected chi connectivity index (χ4v) is 1.57. The highest BCUT2D eigenvalue weighted by Crippen LogP contribution is 2.22. The summed E-state index contributed by atoms with van der Waals surface area (Å²) in [6, 6.07) is 4.17. The number of phenolic OH excluding ortho intramolecular Hbond substituents is 1. The molecule has 0 heterocycles. The molecule has 0 aromatic heterocycles. The lowest BCUT2D eigenvalue weighted by atomic mass is 10.1. The van der Waals surface area contributed by atoms with E-state index in [-0.39, 0.29) is 17.9 Å². The Morgan fingerprint density at radius 3 is 2.67 bits per heavy atom. The number of amides is 1. The number of nitrogens with zero attached hydrogens (tertiary/aromatic N) is 1. The maximum absolute atomic E-state index is 12.1. The lowest BCUT2D eigenvalue weighted by molar-refractivity contribution is -0.141. The maximum Gasteiger partial charge on any atom is 0.325 e. The Balaban J connectivity index is 2.96. The van der Waals surface area contributed by atoms with Gasteiger partial charge in [-0.25, -0.2) is 0 Å². The summed E-state index contributed by atoms with van der Waals surface area (Å²) in [4.78, 5) is 24.5. The van der Waals surface area contributed by atoms with E-state index in [1.807, 2.05) is 0 Å². The number of esters is 1. The van der Waals surface area contributed by atoms with Crippen LogP contribution in [0.4, 0.5) is 0 Å². The smallest absolute Gasteiger partial charge is 0.325 e. The average molecular weight is 272 g/mol. The van der Waals surface area contributed by atoms with Crippen molar-refractivity contribution in [3.8, 4) is 5.75 Å². The number of carbonyl (C=O) groups excluding carboxylic acids is 2. The van der Waals surface area contributed by atoms with Gasteiger partial charge in [-0.05, 0) is 25.1 Å². The summed E-state index contributed by atoms with van der Waals surface area (Å²) in [7, 11) is 1.25. The van der Waals surface area contributed by atoms with E-state index in [1.54, 1.807) is 6.92 Å². The summed E-state index contributed by atoms with van der Waals surface area (Å²) in [6.07, 6.45) is 0. The predicted octanol–water partition coefficient (Wildman–Crippen LogP) is 1.68. The summed E-state index contributed by atoms with van der Waals surface area (Å²) in [5.74, 6) is -1.16. The van der Waals surface area contributed by atoms with Crippen LogP contribution in [-0.2, 0) is 9.53 Å². The number of hydrogen-bond acceptors (Lipinski definition) is 4. The van der Waals surface area contributed by atoms with Crippen molar-refractivity contribution in [2.75, 3.05) is 20.2 Å². The molecule has 0 bridgehead atoms. The number of carbonyl (C=O) groups is 2. The Bertz CT molecular complexity index is 461. The zero-order chi connectivity index (χ0) is 13.7. The van der Waals surface area contributed by atoms with Crippen molar-refractivity contribution in [3.63, 3.8) is 0 Å². The molecule has 1 amide bonds. The summed E-state index contributed by atoms with van der Waals surface area (Å²) < 4.78 is 4.50. The Kier molecular flexibility index (Phi) is 4.97. The molecule has 0 saturated heterocycles. The summed E-state index contributed by atoms with van der Waals surface area (Å²) in [5.41, 5.74) is 0.0632. The van der Waals surface area contributed by atoms with Gasteiger partial charge in [0.05, 0.1) is 12.7 Å². The largest absolute Gasteiger partial charge is 0.507 e. The molecule has 0 atom stereocenters. The maximum atomic E-state index is 12.1. The first-order valence-electron chi connectivity index (χ1n) is 5.34. The van der Waals surface area contributed by atoms with E-state index in [0.717, 1.165) is 0 Å². The van der Waals surface area contributed by atoms with Crippen LogP contribution in [0, 0.1) is 0 Å². The molecule has 0 spiro atoms. The van der Waals surface area contributed by atoms with E-state index in [2.05, 4.69) is 4.74 Å². The molecule has 1 aromatic carbocycles. The third-order valence-corrected chi connectivity index (χ3v) is 2.64. The molecule has 1 N–H and O–H groups in total. The molecule has 1 aromatic rings. The van der Waals surface area contributed by atoms with Gasteiger partial charge in [-0.3, -0.25) is 9.59 Å². The number of rotatable bonds is 4. The average Bonchev–Trinajstić information content (AvgIpc) is 2.37. The highest BCUT2D eigenvalue weighted by Gasteiger charge is 2.20. The molecule has 0 aliphatic rings. The fourth-order valence-electron chi connectivity index (χ4n) is 1.40. The Morgan fingerprint density at radius 2 is 2.11 bits per heavy atom. The number of methoxy groups -OCH3 is 1. The quantitative estimate of drug-likeness (QED) is 0.846. The number of halogens is 1. The number of ether oxygens (including phenoxy) is 1. The van der Waals surface area contributed by atoms with Gasteiger partial charge in [-0.15, -0.1) is 0 Å². The molecular formula is C12H14ClNO4. The lowest BCUT2D eigenvalue weighted by Gasteiger charge is -2.19. The van der Waals surface area contributed by atoms with Gasteiger partial charge < -0.3 is 14.7 Å². The molecule has 0 radical (unpaired) electrons. The zero-order valence-corrected chi connectivity index (χ0v) is 10.9. The normalized spacial score (nSPS) is 9.94. The van der Waals surface area contributed by atoms with Gasteiger partial charge in [-0.1, -0.05) is 11.6 Å². The first-order chi connectivity index (χ1) is 8.49. The van der Waals surface area contributed by atoms with Crippen LogP contribution in [0.2, 0.25) is 5.02 Å². The molecule has 18 heavy (non-hydrogen) atoms. The molecule has 0 aliphatic heterocycles. The fraction of sp³-hybridized carbons (Fsp3) is 0.333. The monoisotopic (exact) mass is 271 g/mol. The standard InChI is InChI=1S/C12H14ClNO4/c1-3-14(7-11(16)18-2)12(17)9-6-8(13)4-5-10(9)15/h4-6,15H,3,7H2,1-2H3. The molecular weight excluding hydrogens is 258 g/mol. The van der Waals surface area contributed by atoms with Gasteiger partial charge in [0.25, 0.3) is 5.91 Å². The molecule has 98 valence electrons. The van der Waals surface area contributed by atoms with Crippen LogP contribution >= 0.6 is 11.6 Å². The van der Waals surface area contributed by atoms with Crippen LogP contribution in [-0.4, -0.2) is 42.1 Å². The van der Waals surface area contributed by atoms with E-state index in [0.29, 0.717) is 11.6 Å². The first kappa shape index (κ1) is 14.3. The van der Waals surface area contributed by atoms with Crippen LogP contribution in [0.25, 0.3) is 0 Å². The second kappa shape index (κ2) is 6.26. The Labute approximate surface area is 110 Å². The SMILES string of the molecule is CCN(CC(=O)OC)C(=O)c1cc(Cl)ccc1O. The summed E-state index contributed by atoms with van der Waals surface area (Å²) in [6.45, 7) is 1.88. The number of aromatic hydroxyl groups is 1. The van der Waals surface area contributed by atoms with Crippen molar-refractivity contribution in [1.82, 2.24) is 4.90 Å². The Hall–Kier alpha value is -1.75. The minimum atomic E-state index is -0.522. The van der Waals surface area contributed by atoms with Crippen LogP contribution in [0.1, 0.15) is 17.3 Å². The first-order valence-corrected chi connectivity index (χ1v) is 5.72. The third-order valence-electron chi connectivity index (χ3n) is 2.41. The van der Waals surface area contributed by atoms with Crippen molar-refractivity contribution in [1.29, 1.82) is 0 Å². The molecule has 1 rings (SSSR count). The van der Waals surface area contributed by atoms with Gasteiger partial charge in [0.2, 0.25) is 0 Å². The van der Waals surface area contributed by atoms with Crippen LogP contribution in [0.3, 0.4) is 0 Å². The summed E-state index contributed by atoms with van der Waals surface area (Å²) in [5, 5.41) is 9.96. The molecule has 0 saturated carbocycles. The second-order valence-corrected chi connectivity index (χ2v) is 3.99. The van der Waals surface area contributed by atoms with E-state index < -0.39 is 11.9 Å². The van der Waals surface area contributed by atoms with Crippen LogP contribution in [0.5, 0.6) is 5.75 Å². The van der Waals surface area contributed by atoms with Gasteiger partial charge in [0, 0.05) is 11.6 Å². The lowest BCUT2D eigenvalue weighted by Crippen LogP contribution is -2.36. The highest BCUT2D eigenvalue weighted by atomic mass is 35.5. The van der Waals surface area contributed by atoms with Crippen LogP contribution in [0.15, 0.2) is 18.2 Å². The molecule has 6 heteroatoms. The second-order valence-electron chi connectivity index (χ2n) is 3.56. The molecule has 0 aliphatic carbocycles. The topological polar surface area (TPSA) is 66.8 Å². The van der Waals surface area contributed by atoms with Crippen molar-refractivity contribution >= 4 is 23.5 Å². The van der Waals surface area contributed by atoms with E-state index in [9.17, 15) is 14.7 Å². The van der Waals surface area contributed by atoms with Gasteiger partial charge in [-0.2, -0.15) is 0 Å². The number of likely N-dealkylation sites (N-methyl/N-ethyl adjacent to an activating group) is 1. The van der Waals surface area contributed by atoms with E-state index >= 15 is 0 Å². The van der Waals surface area contributed by atoms with Crippen molar-refractivity contribution in [2.45, 2.75) is 6.92 Å². The molecule has 0 fully saturated rings. The third kappa shape index (κ3) is 3.37. The highest BCUT2D eigenvalue weighted by molar-refractivity contribution is 6.31. The van der Waals surface area contributed by atoms with Gasteiger partial charge in [0.15, 0.2) is 0 Å². The molecule has 0 unspecified atom stereocenters. The van der Waals surface area contributed by atoms with Crippen LogP contribution < -0.4 is 0 Å². The summed E-state index contributed by atoms with van der Waals surface area (Å²) >= 11 is 5.77. The minimum Gasteiger partial charge on any atom is -0.507 e. The van der Waals surface area contributed by atoms with Crippen molar-refractivity contribution < 1.29 is 19.4 Å². The Morgan fingerprint density at radius 1 is 1.44 bits per heavy atom. The predicted molar refractivity (Wildman–Crippen MR) is 66.7 cm³/mol.